The third-order valence-corrected chi connectivity index (χ3v) is 5.62. The Morgan fingerprint density at radius 3 is 2.53 bits per heavy atom. The van der Waals surface area contributed by atoms with E-state index in [9.17, 15) is 22.8 Å². The highest BCUT2D eigenvalue weighted by Crippen LogP contribution is 2.34. The van der Waals surface area contributed by atoms with Crippen LogP contribution in [0.3, 0.4) is 0 Å². The predicted molar refractivity (Wildman–Crippen MR) is 112 cm³/mol. The molecule has 30 heavy (non-hydrogen) atoms. The van der Waals surface area contributed by atoms with E-state index in [2.05, 4.69) is 10.3 Å². The van der Waals surface area contributed by atoms with Gasteiger partial charge in [-0.1, -0.05) is 35.5 Å². The van der Waals surface area contributed by atoms with Crippen molar-refractivity contribution in [3.05, 3.63) is 59.7 Å². The monoisotopic (exact) mass is 435 g/mol. The number of thioether (sulfide) groups is 1. The molecular formula is C21H20F3N3O2S. The summed E-state index contributed by atoms with van der Waals surface area (Å²) in [6.07, 6.45) is -4.54. The number of aryl methyl sites for hydroxylation is 1. The Labute approximate surface area is 176 Å². The van der Waals surface area contributed by atoms with Gasteiger partial charge in [0.1, 0.15) is 5.25 Å². The molecular weight excluding hydrogens is 415 g/mol. The first-order valence-electron chi connectivity index (χ1n) is 9.28. The van der Waals surface area contributed by atoms with Crippen molar-refractivity contribution >= 4 is 40.1 Å². The third kappa shape index (κ3) is 5.21. The quantitative estimate of drug-likeness (QED) is 0.720. The van der Waals surface area contributed by atoms with Crippen LogP contribution in [0.4, 0.5) is 24.5 Å². The highest BCUT2D eigenvalue weighted by atomic mass is 32.2. The van der Waals surface area contributed by atoms with E-state index in [1.165, 1.54) is 17.0 Å². The molecule has 1 heterocycles. The fourth-order valence-corrected chi connectivity index (χ4v) is 4.12. The molecule has 1 fully saturated rings. The van der Waals surface area contributed by atoms with Crippen LogP contribution in [0.5, 0.6) is 0 Å². The number of nitrogens with zero attached hydrogens (tertiary/aromatic N) is 2. The van der Waals surface area contributed by atoms with Gasteiger partial charge in [-0.25, -0.2) is 4.99 Å². The molecule has 1 aliphatic heterocycles. The second-order valence-electron chi connectivity index (χ2n) is 6.75. The Morgan fingerprint density at radius 1 is 1.20 bits per heavy atom. The number of nitrogens with one attached hydrogen (secondary N) is 1. The largest absolute Gasteiger partial charge is 0.416 e. The van der Waals surface area contributed by atoms with Gasteiger partial charge in [0, 0.05) is 18.7 Å². The van der Waals surface area contributed by atoms with Crippen molar-refractivity contribution < 1.29 is 22.8 Å². The normalized spacial score (nSPS) is 18.2. The maximum atomic E-state index is 12.9. The Hall–Kier alpha value is -2.81. The van der Waals surface area contributed by atoms with Gasteiger partial charge >= 0.3 is 6.18 Å². The Kier molecular flexibility index (Phi) is 6.50. The number of halogens is 3. The number of amides is 2. The van der Waals surface area contributed by atoms with Crippen molar-refractivity contribution in [1.82, 2.24) is 4.90 Å². The third-order valence-electron chi connectivity index (χ3n) is 4.44. The summed E-state index contributed by atoms with van der Waals surface area (Å²) in [5, 5.41) is 2.36. The minimum Gasteiger partial charge on any atom is -0.326 e. The Balaban J connectivity index is 1.74. The zero-order chi connectivity index (χ0) is 21.9. The molecule has 9 heteroatoms. The lowest BCUT2D eigenvalue weighted by atomic mass is 10.2. The van der Waals surface area contributed by atoms with Crippen LogP contribution in [-0.2, 0) is 15.8 Å². The van der Waals surface area contributed by atoms with Gasteiger partial charge in [-0.05, 0) is 44.2 Å². The van der Waals surface area contributed by atoms with Crippen LogP contribution in [0, 0.1) is 6.92 Å². The second-order valence-corrected chi connectivity index (χ2v) is 7.92. The Bertz CT molecular complexity index is 974. The van der Waals surface area contributed by atoms with Crippen LogP contribution in [0.1, 0.15) is 24.5 Å². The molecule has 2 aromatic carbocycles. The molecule has 0 spiro atoms. The lowest BCUT2D eigenvalue weighted by molar-refractivity contribution is -0.137. The summed E-state index contributed by atoms with van der Waals surface area (Å²) in [4.78, 5) is 30.6. The van der Waals surface area contributed by atoms with Crippen molar-refractivity contribution in [2.24, 2.45) is 4.99 Å². The number of rotatable bonds is 5. The SMILES string of the molecule is CCN1C(=O)[C@H](CC(=O)Nc2ccc(C)cc2)SC1=Nc1cccc(C(F)(F)F)c1. The second kappa shape index (κ2) is 8.91. The molecule has 0 aliphatic carbocycles. The van der Waals surface area contributed by atoms with Crippen molar-refractivity contribution in [3.63, 3.8) is 0 Å². The predicted octanol–water partition coefficient (Wildman–Crippen LogP) is 4.99. The molecule has 158 valence electrons. The van der Waals surface area contributed by atoms with Crippen molar-refractivity contribution in [2.75, 3.05) is 11.9 Å². The van der Waals surface area contributed by atoms with E-state index in [0.29, 0.717) is 12.2 Å². The summed E-state index contributed by atoms with van der Waals surface area (Å²) in [6.45, 7) is 3.98. The molecule has 5 nitrogen and oxygen atoms in total. The number of benzene rings is 2. The van der Waals surface area contributed by atoms with Crippen LogP contribution in [-0.4, -0.2) is 33.7 Å². The number of hydrogen-bond acceptors (Lipinski definition) is 4. The number of carbonyl (C=O) groups is 2. The highest BCUT2D eigenvalue weighted by molar-refractivity contribution is 8.15. The van der Waals surface area contributed by atoms with E-state index in [-0.39, 0.29) is 29.1 Å². The van der Waals surface area contributed by atoms with Crippen LogP contribution in [0.2, 0.25) is 0 Å². The fraction of sp³-hybridized carbons (Fsp3) is 0.286. The Morgan fingerprint density at radius 2 is 1.90 bits per heavy atom. The molecule has 0 radical (unpaired) electrons. The van der Waals surface area contributed by atoms with Crippen LogP contribution < -0.4 is 5.32 Å². The average molecular weight is 435 g/mol. The molecule has 2 amide bonds. The minimum absolute atomic E-state index is 0.0600. The standard InChI is InChI=1S/C21H20F3N3O2S/c1-3-27-19(29)17(12-18(28)25-15-9-7-13(2)8-10-15)30-20(27)26-16-6-4-5-14(11-16)21(22,23)24/h4-11,17H,3,12H2,1-2H3,(H,25,28)/t17-/m0/s1. The van der Waals surface area contributed by atoms with Crippen molar-refractivity contribution in [3.8, 4) is 0 Å². The van der Waals surface area contributed by atoms with Crippen LogP contribution in [0.15, 0.2) is 53.5 Å². The number of anilines is 1. The molecule has 1 aliphatic rings. The van der Waals surface area contributed by atoms with E-state index in [4.69, 9.17) is 0 Å². The molecule has 0 saturated carbocycles. The van der Waals surface area contributed by atoms with E-state index in [1.807, 2.05) is 19.1 Å². The van der Waals surface area contributed by atoms with Crippen LogP contribution in [0.25, 0.3) is 0 Å². The lowest BCUT2D eigenvalue weighted by Crippen LogP contribution is -2.33. The zero-order valence-corrected chi connectivity index (χ0v) is 17.2. The highest BCUT2D eigenvalue weighted by Gasteiger charge is 2.38. The molecule has 3 rings (SSSR count). The van der Waals surface area contributed by atoms with Gasteiger partial charge in [-0.3, -0.25) is 14.5 Å². The van der Waals surface area contributed by atoms with Gasteiger partial charge in [0.05, 0.1) is 11.3 Å². The topological polar surface area (TPSA) is 61.8 Å². The van der Waals surface area contributed by atoms with Gasteiger partial charge in [0.25, 0.3) is 0 Å². The first-order valence-corrected chi connectivity index (χ1v) is 10.2. The van der Waals surface area contributed by atoms with Gasteiger partial charge in [-0.2, -0.15) is 13.2 Å². The molecule has 2 aromatic rings. The maximum Gasteiger partial charge on any atom is 0.416 e. The number of alkyl halides is 3. The molecule has 1 saturated heterocycles. The molecule has 1 atom stereocenters. The number of aliphatic imine (C=N–C) groups is 1. The number of amidine groups is 1. The average Bonchev–Trinajstić information content (AvgIpc) is 2.97. The first kappa shape index (κ1) is 21.9. The smallest absolute Gasteiger partial charge is 0.326 e. The molecule has 1 N–H and O–H groups in total. The molecule has 0 aromatic heterocycles. The molecule has 0 bridgehead atoms. The zero-order valence-electron chi connectivity index (χ0n) is 16.4. The van der Waals surface area contributed by atoms with Gasteiger partial charge in [0.15, 0.2) is 5.17 Å². The van der Waals surface area contributed by atoms with E-state index in [1.54, 1.807) is 19.1 Å². The van der Waals surface area contributed by atoms with Crippen molar-refractivity contribution in [1.29, 1.82) is 0 Å². The summed E-state index contributed by atoms with van der Waals surface area (Å²) in [5.74, 6) is -0.603. The van der Waals surface area contributed by atoms with Gasteiger partial charge in [-0.15, -0.1) is 0 Å². The minimum atomic E-state index is -4.48. The first-order chi connectivity index (χ1) is 14.2. The van der Waals surface area contributed by atoms with Crippen molar-refractivity contribution in [2.45, 2.75) is 31.7 Å². The summed E-state index contributed by atoms with van der Waals surface area (Å²) < 4.78 is 38.8. The van der Waals surface area contributed by atoms with E-state index >= 15 is 0 Å². The summed E-state index contributed by atoms with van der Waals surface area (Å²) >= 11 is 1.09. The maximum absolute atomic E-state index is 12.9. The number of carbonyl (C=O) groups excluding carboxylic acids is 2. The van der Waals surface area contributed by atoms with Gasteiger partial charge in [0.2, 0.25) is 11.8 Å². The summed E-state index contributed by atoms with van der Waals surface area (Å²) in [6, 6.07) is 11.9. The summed E-state index contributed by atoms with van der Waals surface area (Å²) in [5.41, 5.74) is 0.980. The van der Waals surface area contributed by atoms with Crippen LogP contribution >= 0.6 is 11.8 Å². The fourth-order valence-electron chi connectivity index (χ4n) is 2.90. The van der Waals surface area contributed by atoms with E-state index < -0.39 is 17.0 Å². The number of hydrogen-bond donors (Lipinski definition) is 1. The summed E-state index contributed by atoms with van der Waals surface area (Å²) in [7, 11) is 0. The van der Waals surface area contributed by atoms with Gasteiger partial charge < -0.3 is 5.32 Å². The van der Waals surface area contributed by atoms with E-state index in [0.717, 1.165) is 29.5 Å². The molecule has 0 unspecified atom stereocenters. The lowest BCUT2D eigenvalue weighted by Gasteiger charge is -2.13.